The number of benzene rings is 1. The first kappa shape index (κ1) is 18.5. The number of hydrogen-bond donors (Lipinski definition) is 0. The summed E-state index contributed by atoms with van der Waals surface area (Å²) in [5.41, 5.74) is 1.46. The maximum Gasteiger partial charge on any atom is 0.280 e. The Bertz CT molecular complexity index is 1370. The van der Waals surface area contributed by atoms with Gasteiger partial charge < -0.3 is 14.0 Å². The van der Waals surface area contributed by atoms with E-state index in [-0.39, 0.29) is 23.0 Å². The van der Waals surface area contributed by atoms with E-state index in [4.69, 9.17) is 16.1 Å². The standard InChI is InChI=1S/C20H17ClFN7O2/c1-27-8-23-19-17(27)20(30)29(9-24-19)7-15-25-18(26-31-15)16-11-5-28(6-12(11)16)10-2-3-13(21)14(22)4-10/h2-4,8-9,11-12,16H,5-7H2,1H3. The van der Waals surface area contributed by atoms with Crippen LogP contribution in [0.3, 0.4) is 0 Å². The van der Waals surface area contributed by atoms with Crippen molar-refractivity contribution in [2.24, 2.45) is 18.9 Å². The molecule has 0 amide bonds. The quantitative estimate of drug-likeness (QED) is 0.479. The van der Waals surface area contributed by atoms with Crippen LogP contribution >= 0.6 is 11.6 Å². The van der Waals surface area contributed by atoms with Crippen molar-refractivity contribution >= 4 is 28.5 Å². The number of halogens is 2. The van der Waals surface area contributed by atoms with Crippen LogP contribution in [-0.4, -0.2) is 42.3 Å². The largest absolute Gasteiger partial charge is 0.371 e. The molecule has 1 aliphatic carbocycles. The Balaban J connectivity index is 1.16. The van der Waals surface area contributed by atoms with Crippen LogP contribution in [0.4, 0.5) is 10.1 Å². The van der Waals surface area contributed by atoms with Crippen LogP contribution in [0.15, 0.2) is 40.2 Å². The molecule has 1 saturated carbocycles. The Kier molecular flexibility index (Phi) is 3.95. The van der Waals surface area contributed by atoms with Crippen molar-refractivity contribution in [2.45, 2.75) is 12.5 Å². The van der Waals surface area contributed by atoms with Crippen LogP contribution in [-0.2, 0) is 13.6 Å². The number of nitrogens with zero attached hydrogens (tertiary/aromatic N) is 7. The Morgan fingerprint density at radius 2 is 2.00 bits per heavy atom. The van der Waals surface area contributed by atoms with Gasteiger partial charge in [0.15, 0.2) is 17.0 Å². The van der Waals surface area contributed by atoms with Crippen LogP contribution in [0.1, 0.15) is 17.6 Å². The molecule has 31 heavy (non-hydrogen) atoms. The fourth-order valence-electron chi connectivity index (χ4n) is 4.60. The van der Waals surface area contributed by atoms with Crippen molar-refractivity contribution in [1.82, 2.24) is 29.2 Å². The molecule has 11 heteroatoms. The topological polar surface area (TPSA) is 94.9 Å². The monoisotopic (exact) mass is 441 g/mol. The van der Waals surface area contributed by atoms with Crippen LogP contribution in [0.2, 0.25) is 5.02 Å². The van der Waals surface area contributed by atoms with Gasteiger partial charge in [0.05, 0.1) is 11.3 Å². The van der Waals surface area contributed by atoms with Gasteiger partial charge in [0.25, 0.3) is 5.56 Å². The molecule has 4 aromatic rings. The molecule has 9 nitrogen and oxygen atoms in total. The van der Waals surface area contributed by atoms with Gasteiger partial charge in [0.2, 0.25) is 5.89 Å². The van der Waals surface area contributed by atoms with Gasteiger partial charge in [-0.3, -0.25) is 9.36 Å². The maximum atomic E-state index is 13.8. The zero-order valence-corrected chi connectivity index (χ0v) is 17.2. The number of piperidine rings is 1. The van der Waals surface area contributed by atoms with Gasteiger partial charge in [0, 0.05) is 31.7 Å². The molecular weight excluding hydrogens is 425 g/mol. The third-order valence-corrected chi connectivity index (χ3v) is 6.56. The number of hydrogen-bond acceptors (Lipinski definition) is 7. The zero-order valence-electron chi connectivity index (χ0n) is 16.4. The summed E-state index contributed by atoms with van der Waals surface area (Å²) in [4.78, 5) is 27.6. The van der Waals surface area contributed by atoms with Gasteiger partial charge >= 0.3 is 0 Å². The van der Waals surface area contributed by atoms with Crippen molar-refractivity contribution in [3.63, 3.8) is 0 Å². The first-order valence-corrected chi connectivity index (χ1v) is 10.3. The second kappa shape index (κ2) is 6.61. The number of aromatic nitrogens is 6. The number of aryl methyl sites for hydroxylation is 1. The summed E-state index contributed by atoms with van der Waals surface area (Å²) in [7, 11) is 1.75. The van der Waals surface area contributed by atoms with Crippen LogP contribution in [0, 0.1) is 17.7 Å². The third-order valence-electron chi connectivity index (χ3n) is 6.25. The van der Waals surface area contributed by atoms with Crippen molar-refractivity contribution in [3.05, 3.63) is 63.8 Å². The van der Waals surface area contributed by atoms with Crippen molar-refractivity contribution in [1.29, 1.82) is 0 Å². The molecule has 1 saturated heterocycles. The summed E-state index contributed by atoms with van der Waals surface area (Å²) < 4.78 is 22.2. The molecule has 2 atom stereocenters. The molecule has 1 aromatic carbocycles. The van der Waals surface area contributed by atoms with Gasteiger partial charge in [-0.2, -0.15) is 4.98 Å². The molecule has 158 valence electrons. The van der Waals surface area contributed by atoms with E-state index in [9.17, 15) is 9.18 Å². The Hall–Kier alpha value is -3.27. The highest BCUT2D eigenvalue weighted by Gasteiger charge is 2.58. The molecule has 2 aliphatic rings. The Morgan fingerprint density at radius 1 is 1.23 bits per heavy atom. The highest BCUT2D eigenvalue weighted by molar-refractivity contribution is 6.30. The van der Waals surface area contributed by atoms with E-state index in [1.807, 2.05) is 6.07 Å². The molecule has 2 fully saturated rings. The minimum Gasteiger partial charge on any atom is -0.371 e. The maximum absolute atomic E-state index is 13.8. The lowest BCUT2D eigenvalue weighted by molar-refractivity contribution is 0.363. The number of anilines is 1. The summed E-state index contributed by atoms with van der Waals surface area (Å²) in [6, 6.07) is 4.89. The molecule has 0 N–H and O–H groups in total. The van der Waals surface area contributed by atoms with Gasteiger partial charge in [-0.25, -0.2) is 14.4 Å². The smallest absolute Gasteiger partial charge is 0.280 e. The first-order valence-electron chi connectivity index (χ1n) is 9.88. The van der Waals surface area contributed by atoms with Crippen molar-refractivity contribution in [3.8, 4) is 0 Å². The van der Waals surface area contributed by atoms with E-state index in [2.05, 4.69) is 25.0 Å². The molecule has 1 aliphatic heterocycles. The fraction of sp³-hybridized carbons (Fsp3) is 0.350. The van der Waals surface area contributed by atoms with E-state index in [1.165, 1.54) is 17.0 Å². The number of fused-ring (bicyclic) bond motifs is 2. The van der Waals surface area contributed by atoms with E-state index in [1.54, 1.807) is 24.0 Å². The predicted octanol–water partition coefficient (Wildman–Crippen LogP) is 2.20. The molecule has 3 aromatic heterocycles. The van der Waals surface area contributed by atoms with Crippen molar-refractivity contribution in [2.75, 3.05) is 18.0 Å². The van der Waals surface area contributed by atoms with Gasteiger partial charge in [-0.15, -0.1) is 0 Å². The van der Waals surface area contributed by atoms with Crippen LogP contribution < -0.4 is 10.5 Å². The van der Waals surface area contributed by atoms with Crippen LogP contribution in [0.25, 0.3) is 11.2 Å². The van der Waals surface area contributed by atoms with E-state index in [0.717, 1.165) is 18.8 Å². The van der Waals surface area contributed by atoms with Crippen LogP contribution in [0.5, 0.6) is 0 Å². The zero-order chi connectivity index (χ0) is 21.3. The summed E-state index contributed by atoms with van der Waals surface area (Å²) in [6.45, 7) is 1.76. The lowest BCUT2D eigenvalue weighted by Crippen LogP contribution is -2.24. The average molecular weight is 442 g/mol. The lowest BCUT2D eigenvalue weighted by atomic mass is 10.2. The summed E-state index contributed by atoms with van der Waals surface area (Å²) in [5, 5.41) is 4.27. The number of imidazole rings is 1. The second-order valence-electron chi connectivity index (χ2n) is 8.11. The van der Waals surface area contributed by atoms with Gasteiger partial charge in [-0.1, -0.05) is 16.8 Å². The minimum atomic E-state index is -0.409. The highest BCUT2D eigenvalue weighted by Crippen LogP contribution is 2.58. The van der Waals surface area contributed by atoms with Gasteiger partial charge in [-0.05, 0) is 30.0 Å². The van der Waals surface area contributed by atoms with E-state index < -0.39 is 5.82 Å². The van der Waals surface area contributed by atoms with Gasteiger partial charge in [0.1, 0.15) is 18.7 Å². The van der Waals surface area contributed by atoms with E-state index in [0.29, 0.717) is 34.7 Å². The normalized spacial score (nSPS) is 22.3. The summed E-state index contributed by atoms with van der Waals surface area (Å²) in [6.07, 6.45) is 3.00. The molecule has 0 bridgehead atoms. The SMILES string of the molecule is Cn1cnc2ncn(Cc3nc(C4C5CN(c6ccc(Cl)c(F)c6)CC54)no3)c(=O)c21. The number of rotatable bonds is 4. The van der Waals surface area contributed by atoms with Crippen molar-refractivity contribution < 1.29 is 8.91 Å². The van der Waals surface area contributed by atoms with E-state index >= 15 is 0 Å². The molecule has 4 heterocycles. The Labute approximate surface area is 180 Å². The summed E-state index contributed by atoms with van der Waals surface area (Å²) in [5.74, 6) is 1.64. The highest BCUT2D eigenvalue weighted by atomic mass is 35.5. The molecule has 0 spiro atoms. The molecule has 6 rings (SSSR count). The summed E-state index contributed by atoms with van der Waals surface area (Å²) >= 11 is 5.78. The lowest BCUT2D eigenvalue weighted by Gasteiger charge is -2.21. The molecule has 0 radical (unpaired) electrons. The molecule has 2 unspecified atom stereocenters. The molecular formula is C20H17ClFN7O2. The average Bonchev–Trinajstić information content (AvgIpc) is 3.18. The predicted molar refractivity (Wildman–Crippen MR) is 110 cm³/mol. The fourth-order valence-corrected chi connectivity index (χ4v) is 4.72. The third kappa shape index (κ3) is 2.93. The first-order chi connectivity index (χ1) is 15.0. The Morgan fingerprint density at radius 3 is 2.77 bits per heavy atom. The second-order valence-corrected chi connectivity index (χ2v) is 8.52. The minimum absolute atomic E-state index is 0.127.